The smallest absolute Gasteiger partial charge is 0.410 e. The largest absolute Gasteiger partial charge is 0.465 e. The third-order valence-corrected chi connectivity index (χ3v) is 6.07. The second-order valence-corrected chi connectivity index (χ2v) is 8.10. The summed E-state index contributed by atoms with van der Waals surface area (Å²) in [5, 5.41) is 3.68. The molecule has 7 nitrogen and oxygen atoms in total. The Kier molecular flexibility index (Phi) is 6.66. The van der Waals surface area contributed by atoms with Crippen molar-refractivity contribution in [3.8, 4) is 0 Å². The molecule has 0 aliphatic carbocycles. The molecular weight excluding hydrogens is 439 g/mol. The molecule has 1 aliphatic heterocycles. The van der Waals surface area contributed by atoms with Crippen LogP contribution < -0.4 is 5.32 Å². The van der Waals surface area contributed by atoms with Crippen molar-refractivity contribution < 1.29 is 23.9 Å². The topological polar surface area (TPSA) is 84.9 Å². The molecule has 1 aliphatic rings. The molecule has 1 aromatic carbocycles. The number of hydrogen-bond donors (Lipinski definition) is 1. The number of ether oxygens (including phenoxy) is 2. The molecule has 1 N–H and O–H groups in total. The number of carbonyl (C=O) groups is 3. The maximum Gasteiger partial charge on any atom is 0.410 e. The standard InChI is InChI=1S/C19H18Cl2N2O5S/c1-3-28-19(26)23-7-6-11-14(9-23)29-17(15(11)18(25)27-2)22-16(24)12-8-10(20)4-5-13(12)21/h4-5,8H,3,6-7,9H2,1-2H3,(H,22,24). The maximum absolute atomic E-state index is 12.7. The molecule has 10 heteroatoms. The summed E-state index contributed by atoms with van der Waals surface area (Å²) in [6.07, 6.45) is 0.0329. The van der Waals surface area contributed by atoms with E-state index < -0.39 is 18.0 Å². The summed E-state index contributed by atoms with van der Waals surface area (Å²) in [5.74, 6) is -1.05. The van der Waals surface area contributed by atoms with Crippen molar-refractivity contribution in [2.45, 2.75) is 19.9 Å². The molecule has 1 aromatic heterocycles. The van der Waals surface area contributed by atoms with E-state index in [0.29, 0.717) is 28.6 Å². The number of nitrogens with one attached hydrogen (secondary N) is 1. The van der Waals surface area contributed by atoms with E-state index in [0.717, 1.165) is 10.4 Å². The highest BCUT2D eigenvalue weighted by Crippen LogP contribution is 2.38. The number of fused-ring (bicyclic) bond motifs is 1. The molecule has 0 radical (unpaired) electrons. The normalized spacial score (nSPS) is 12.9. The van der Waals surface area contributed by atoms with E-state index in [4.69, 9.17) is 32.7 Å². The zero-order chi connectivity index (χ0) is 21.1. The summed E-state index contributed by atoms with van der Waals surface area (Å²) >= 11 is 13.3. The second-order valence-electron chi connectivity index (χ2n) is 6.15. The average Bonchev–Trinajstić information content (AvgIpc) is 3.06. The molecule has 29 heavy (non-hydrogen) atoms. The first kappa shape index (κ1) is 21.4. The van der Waals surface area contributed by atoms with Gasteiger partial charge in [-0.3, -0.25) is 4.79 Å². The van der Waals surface area contributed by atoms with Gasteiger partial charge in [0.2, 0.25) is 0 Å². The number of benzene rings is 1. The van der Waals surface area contributed by atoms with Crippen molar-refractivity contribution in [2.24, 2.45) is 0 Å². The second kappa shape index (κ2) is 9.02. The van der Waals surface area contributed by atoms with Crippen LogP contribution in [0.3, 0.4) is 0 Å². The monoisotopic (exact) mass is 456 g/mol. The number of nitrogens with zero attached hydrogens (tertiary/aromatic N) is 1. The summed E-state index contributed by atoms with van der Waals surface area (Å²) in [6.45, 7) is 2.71. The van der Waals surface area contributed by atoms with Crippen molar-refractivity contribution in [1.29, 1.82) is 0 Å². The summed E-state index contributed by atoms with van der Waals surface area (Å²) in [5.41, 5.74) is 1.24. The fourth-order valence-corrected chi connectivity index (χ4v) is 4.64. The summed E-state index contributed by atoms with van der Waals surface area (Å²) in [4.78, 5) is 39.5. The Bertz CT molecular complexity index is 976. The van der Waals surface area contributed by atoms with E-state index in [1.165, 1.54) is 30.6 Å². The molecule has 0 saturated heterocycles. The number of rotatable bonds is 4. The van der Waals surface area contributed by atoms with Crippen molar-refractivity contribution in [2.75, 3.05) is 25.6 Å². The van der Waals surface area contributed by atoms with Crippen LogP contribution in [-0.2, 0) is 22.4 Å². The Balaban J connectivity index is 1.93. The van der Waals surface area contributed by atoms with Gasteiger partial charge in [0, 0.05) is 16.4 Å². The van der Waals surface area contributed by atoms with Gasteiger partial charge in [0.15, 0.2) is 0 Å². The minimum atomic E-state index is -0.556. The van der Waals surface area contributed by atoms with Gasteiger partial charge in [-0.2, -0.15) is 0 Å². The van der Waals surface area contributed by atoms with E-state index in [-0.39, 0.29) is 23.7 Å². The van der Waals surface area contributed by atoms with Crippen LogP contribution >= 0.6 is 34.5 Å². The lowest BCUT2D eigenvalue weighted by molar-refractivity contribution is 0.0600. The molecule has 3 rings (SSSR count). The van der Waals surface area contributed by atoms with Crippen LogP contribution in [-0.4, -0.2) is 43.1 Å². The Labute approximate surface area is 181 Å². The average molecular weight is 457 g/mol. The molecule has 2 heterocycles. The molecule has 0 saturated carbocycles. The van der Waals surface area contributed by atoms with Crippen molar-refractivity contribution in [3.05, 3.63) is 49.8 Å². The number of methoxy groups -OCH3 is 1. The maximum atomic E-state index is 12.7. The highest BCUT2D eigenvalue weighted by atomic mass is 35.5. The SMILES string of the molecule is CCOC(=O)N1CCc2c(sc(NC(=O)c3cc(Cl)ccc3Cl)c2C(=O)OC)C1. The third-order valence-electron chi connectivity index (χ3n) is 4.37. The van der Waals surface area contributed by atoms with Gasteiger partial charge in [-0.1, -0.05) is 23.2 Å². The van der Waals surface area contributed by atoms with Crippen LogP contribution in [0.5, 0.6) is 0 Å². The molecular formula is C19H18Cl2N2O5S. The van der Waals surface area contributed by atoms with E-state index in [1.54, 1.807) is 17.9 Å². The van der Waals surface area contributed by atoms with E-state index in [2.05, 4.69) is 5.32 Å². The van der Waals surface area contributed by atoms with Crippen LogP contribution in [0.1, 0.15) is 38.1 Å². The van der Waals surface area contributed by atoms with Crippen molar-refractivity contribution in [1.82, 2.24) is 4.90 Å². The number of amides is 2. The van der Waals surface area contributed by atoms with Crippen molar-refractivity contribution in [3.63, 3.8) is 0 Å². The van der Waals surface area contributed by atoms with Gasteiger partial charge >= 0.3 is 12.1 Å². The first-order valence-electron chi connectivity index (χ1n) is 8.76. The summed E-state index contributed by atoms with van der Waals surface area (Å²) in [6, 6.07) is 4.55. The lowest BCUT2D eigenvalue weighted by atomic mass is 10.0. The van der Waals surface area contributed by atoms with Gasteiger partial charge in [0.1, 0.15) is 5.00 Å². The zero-order valence-electron chi connectivity index (χ0n) is 15.7. The van der Waals surface area contributed by atoms with Gasteiger partial charge in [-0.25, -0.2) is 9.59 Å². The molecule has 154 valence electrons. The number of anilines is 1. The fraction of sp³-hybridized carbons (Fsp3) is 0.316. The molecule has 0 spiro atoms. The van der Waals surface area contributed by atoms with Gasteiger partial charge in [-0.05, 0) is 37.1 Å². The highest BCUT2D eigenvalue weighted by molar-refractivity contribution is 7.17. The number of hydrogen-bond acceptors (Lipinski definition) is 6. The Morgan fingerprint density at radius 2 is 2.03 bits per heavy atom. The van der Waals surface area contributed by atoms with Gasteiger partial charge in [0.25, 0.3) is 5.91 Å². The third kappa shape index (κ3) is 4.49. The molecule has 0 unspecified atom stereocenters. The predicted octanol–water partition coefficient (Wildman–Crippen LogP) is 4.61. The van der Waals surface area contributed by atoms with Crippen LogP contribution in [0.4, 0.5) is 9.80 Å². The molecule has 0 atom stereocenters. The first-order chi connectivity index (χ1) is 13.8. The minimum Gasteiger partial charge on any atom is -0.465 e. The Morgan fingerprint density at radius 3 is 2.72 bits per heavy atom. The Morgan fingerprint density at radius 1 is 1.28 bits per heavy atom. The highest BCUT2D eigenvalue weighted by Gasteiger charge is 2.31. The zero-order valence-corrected chi connectivity index (χ0v) is 18.0. The number of carbonyl (C=O) groups excluding carboxylic acids is 3. The van der Waals surface area contributed by atoms with Crippen LogP contribution in [0.2, 0.25) is 10.0 Å². The van der Waals surface area contributed by atoms with Crippen molar-refractivity contribution >= 4 is 57.5 Å². The summed E-state index contributed by atoms with van der Waals surface area (Å²) < 4.78 is 9.96. The van der Waals surface area contributed by atoms with E-state index in [1.807, 2.05) is 0 Å². The molecule has 2 aromatic rings. The minimum absolute atomic E-state index is 0.189. The van der Waals surface area contributed by atoms with Crippen LogP contribution in [0.15, 0.2) is 18.2 Å². The number of thiophene rings is 1. The summed E-state index contributed by atoms with van der Waals surface area (Å²) in [7, 11) is 1.28. The van der Waals surface area contributed by atoms with Crippen LogP contribution in [0.25, 0.3) is 0 Å². The predicted molar refractivity (Wildman–Crippen MR) is 111 cm³/mol. The molecule has 0 bridgehead atoms. The number of esters is 1. The molecule has 2 amide bonds. The van der Waals surface area contributed by atoms with E-state index in [9.17, 15) is 14.4 Å². The molecule has 0 fully saturated rings. The van der Waals surface area contributed by atoms with Gasteiger partial charge in [-0.15, -0.1) is 11.3 Å². The van der Waals surface area contributed by atoms with Gasteiger partial charge < -0.3 is 19.7 Å². The van der Waals surface area contributed by atoms with Gasteiger partial charge in [0.05, 0.1) is 36.4 Å². The Hall–Kier alpha value is -2.29. The quantitative estimate of drug-likeness (QED) is 0.678. The lowest BCUT2D eigenvalue weighted by Gasteiger charge is -2.26. The fourth-order valence-electron chi connectivity index (χ4n) is 3.02. The first-order valence-corrected chi connectivity index (χ1v) is 10.3. The van der Waals surface area contributed by atoms with E-state index >= 15 is 0 Å². The van der Waals surface area contributed by atoms with Crippen LogP contribution in [0, 0.1) is 0 Å². The lowest BCUT2D eigenvalue weighted by Crippen LogP contribution is -2.36. The number of halogens is 2.